The Labute approximate surface area is 133 Å². The normalized spacial score (nSPS) is 19.0. The van der Waals surface area contributed by atoms with E-state index in [0.717, 1.165) is 18.5 Å². The summed E-state index contributed by atoms with van der Waals surface area (Å²) in [5.74, 6) is 0.901. The maximum absolute atomic E-state index is 11.6. The molecule has 0 N–H and O–H groups in total. The van der Waals surface area contributed by atoms with Crippen LogP contribution < -0.4 is 4.74 Å². The van der Waals surface area contributed by atoms with Crippen molar-refractivity contribution in [3.8, 4) is 5.88 Å². The van der Waals surface area contributed by atoms with Gasteiger partial charge >= 0.3 is 0 Å². The minimum Gasteiger partial charge on any atom is -0.522 e. The largest absolute Gasteiger partial charge is 0.522 e. The maximum atomic E-state index is 11.6. The fourth-order valence-electron chi connectivity index (χ4n) is 1.78. The minimum absolute atomic E-state index is 0. The van der Waals surface area contributed by atoms with Gasteiger partial charge in [-0.25, -0.2) is 0 Å². The van der Waals surface area contributed by atoms with Crippen molar-refractivity contribution < 1.29 is 42.2 Å². The van der Waals surface area contributed by atoms with Gasteiger partial charge in [0, 0.05) is 52.7 Å². The van der Waals surface area contributed by atoms with Gasteiger partial charge in [-0.1, -0.05) is 20.0 Å². The number of likely N-dealkylation sites (N-methyl/N-ethyl adjacent to an activating group) is 1. The van der Waals surface area contributed by atoms with Gasteiger partial charge in [0.2, 0.25) is 0 Å². The molecule has 1 amide bonds. The van der Waals surface area contributed by atoms with Crippen molar-refractivity contribution >= 4 is 5.91 Å². The Balaban J connectivity index is 0.00000162. The van der Waals surface area contributed by atoms with Gasteiger partial charge in [0.15, 0.2) is 6.10 Å². The molecule has 18 heavy (non-hydrogen) atoms. The van der Waals surface area contributed by atoms with Crippen LogP contribution in [-0.4, -0.2) is 35.5 Å². The molecule has 1 fully saturated rings. The molecule has 1 atom stereocenters. The third-order valence-electron chi connectivity index (χ3n) is 2.96. The molecule has 1 aliphatic rings. The van der Waals surface area contributed by atoms with Gasteiger partial charge < -0.3 is 14.6 Å². The van der Waals surface area contributed by atoms with E-state index >= 15 is 0 Å². The van der Waals surface area contributed by atoms with Gasteiger partial charge in [0.25, 0.3) is 5.91 Å². The van der Waals surface area contributed by atoms with E-state index in [4.69, 9.17) is 4.74 Å². The van der Waals surface area contributed by atoms with Crippen molar-refractivity contribution in [1.29, 1.82) is 0 Å². The molecule has 0 aliphatic carbocycles. The number of nitrogens with zero attached hydrogens (tertiary/aromatic N) is 2. The van der Waals surface area contributed by atoms with Crippen LogP contribution in [0.2, 0.25) is 0 Å². The van der Waals surface area contributed by atoms with Crippen LogP contribution in [0.25, 0.3) is 0 Å². The van der Waals surface area contributed by atoms with Crippen molar-refractivity contribution in [2.45, 2.75) is 32.3 Å². The van der Waals surface area contributed by atoms with E-state index < -0.39 is 0 Å². The number of likely N-dealkylation sites (tertiary alicyclic amines) is 1. The number of amides is 1. The van der Waals surface area contributed by atoms with Crippen LogP contribution in [0.1, 0.15) is 31.7 Å². The molecule has 1 saturated heterocycles. The van der Waals surface area contributed by atoms with Crippen LogP contribution in [0.4, 0.5) is 0 Å². The Kier molecular flexibility index (Phi) is 5.73. The summed E-state index contributed by atoms with van der Waals surface area (Å²) in [7, 11) is 1.78. The van der Waals surface area contributed by atoms with Crippen molar-refractivity contribution in [3.05, 3.63) is 23.9 Å². The summed E-state index contributed by atoms with van der Waals surface area (Å²) in [6.45, 7) is 4.92. The average molecular weight is 322 g/mol. The fraction of sp³-hybridized carbons (Fsp3) is 0.538. The van der Waals surface area contributed by atoms with Crippen LogP contribution in [0.15, 0.2) is 12.3 Å². The van der Waals surface area contributed by atoms with Crippen molar-refractivity contribution in [1.82, 2.24) is 9.88 Å². The van der Waals surface area contributed by atoms with Crippen LogP contribution in [-0.2, 0) is 37.5 Å². The first-order chi connectivity index (χ1) is 8.08. The Hall–Kier alpha value is -0.476. The molecule has 4 nitrogen and oxygen atoms in total. The zero-order valence-corrected chi connectivity index (χ0v) is 13.9. The van der Waals surface area contributed by atoms with E-state index in [-0.39, 0.29) is 44.7 Å². The quantitative estimate of drug-likeness (QED) is 0.794. The number of ether oxygens (including phenoxy) is 1. The van der Waals surface area contributed by atoms with Crippen molar-refractivity contribution in [3.63, 3.8) is 0 Å². The molecule has 1 aromatic rings. The summed E-state index contributed by atoms with van der Waals surface area (Å²) in [6, 6.07) is 4.83. The Bertz CT molecular complexity index is 406. The summed E-state index contributed by atoms with van der Waals surface area (Å²) < 4.78 is 5.56. The van der Waals surface area contributed by atoms with Crippen LogP contribution >= 0.6 is 0 Å². The summed E-state index contributed by atoms with van der Waals surface area (Å²) >= 11 is 0. The minimum atomic E-state index is -0.384. The van der Waals surface area contributed by atoms with Gasteiger partial charge in [0.05, 0.1) is 5.88 Å². The Morgan fingerprint density at radius 2 is 2.28 bits per heavy atom. The van der Waals surface area contributed by atoms with E-state index in [9.17, 15) is 4.79 Å². The van der Waals surface area contributed by atoms with E-state index in [2.05, 4.69) is 24.9 Å². The number of hydrogen-bond donors (Lipinski definition) is 0. The fourth-order valence-corrected chi connectivity index (χ4v) is 1.78. The number of hydrogen-bond acceptors (Lipinski definition) is 3. The first-order valence-corrected chi connectivity index (χ1v) is 5.87. The van der Waals surface area contributed by atoms with Gasteiger partial charge in [-0.3, -0.25) is 4.79 Å². The third-order valence-corrected chi connectivity index (χ3v) is 2.96. The second-order valence-electron chi connectivity index (χ2n) is 4.65. The Morgan fingerprint density at radius 1 is 1.56 bits per heavy atom. The monoisotopic (exact) mass is 322 g/mol. The van der Waals surface area contributed by atoms with Gasteiger partial charge in [-0.05, 0) is 5.92 Å². The van der Waals surface area contributed by atoms with Gasteiger partial charge in [-0.2, -0.15) is 6.07 Å². The summed E-state index contributed by atoms with van der Waals surface area (Å²) in [5, 5.41) is 0. The molecule has 1 radical (unpaired) electrons. The predicted octanol–water partition coefficient (Wildman–Crippen LogP) is 1.61. The summed E-state index contributed by atoms with van der Waals surface area (Å²) in [6.07, 6.45) is 2.09. The average Bonchev–Trinajstić information content (AvgIpc) is 2.62. The molecule has 1 aromatic heterocycles. The molecular weight excluding hydrogens is 305 g/mol. The van der Waals surface area contributed by atoms with E-state index in [1.165, 1.54) is 0 Å². The van der Waals surface area contributed by atoms with E-state index in [0.29, 0.717) is 11.8 Å². The number of carbonyl (C=O) groups excluding carboxylic acids is 1. The molecule has 5 heteroatoms. The Morgan fingerprint density at radius 3 is 2.72 bits per heavy atom. The zero-order chi connectivity index (χ0) is 12.4. The molecule has 95 valence electrons. The molecule has 1 aliphatic heterocycles. The summed E-state index contributed by atoms with van der Waals surface area (Å²) in [5.41, 5.74) is 1.05. The number of carbonyl (C=O) groups is 1. The first kappa shape index (κ1) is 15.6. The SMILES string of the molecule is CC(C)c1[c-]cc(OC2CCN(C)C2=O)nc1.[Y]. The molecule has 0 saturated carbocycles. The molecule has 0 aromatic carbocycles. The van der Waals surface area contributed by atoms with Crippen LogP contribution in [0.3, 0.4) is 0 Å². The van der Waals surface area contributed by atoms with Gasteiger partial charge in [0.1, 0.15) is 0 Å². The number of rotatable bonds is 3. The number of pyridine rings is 1. The third kappa shape index (κ3) is 3.51. The molecule has 1 unspecified atom stereocenters. The van der Waals surface area contributed by atoms with E-state index in [1.54, 1.807) is 24.2 Å². The van der Waals surface area contributed by atoms with Crippen LogP contribution in [0, 0.1) is 6.07 Å². The smallest absolute Gasteiger partial charge is 0.262 e. The van der Waals surface area contributed by atoms with Crippen LogP contribution in [0.5, 0.6) is 5.88 Å². The molecule has 2 rings (SSSR count). The van der Waals surface area contributed by atoms with Crippen molar-refractivity contribution in [2.24, 2.45) is 0 Å². The molecule has 0 spiro atoms. The van der Waals surface area contributed by atoms with E-state index in [1.807, 2.05) is 0 Å². The second kappa shape index (κ2) is 6.62. The number of aromatic nitrogens is 1. The molecule has 2 heterocycles. The second-order valence-corrected chi connectivity index (χ2v) is 4.65. The van der Waals surface area contributed by atoms with Crippen molar-refractivity contribution in [2.75, 3.05) is 13.6 Å². The molecule has 0 bridgehead atoms. The predicted molar refractivity (Wildman–Crippen MR) is 63.8 cm³/mol. The zero-order valence-electron chi connectivity index (χ0n) is 11.0. The molecular formula is C13H17N2O2Y-. The summed E-state index contributed by atoms with van der Waals surface area (Å²) in [4.78, 5) is 17.5. The standard InChI is InChI=1S/C13H17N2O2.Y/c1-9(2)10-4-5-12(14-8-10)17-11-6-7-15(3)13(11)16;/h5,8-9,11H,6-7H2,1-3H3;/q-1;. The first-order valence-electron chi connectivity index (χ1n) is 5.87. The maximum Gasteiger partial charge on any atom is 0.262 e. The topological polar surface area (TPSA) is 42.4 Å². The van der Waals surface area contributed by atoms with Gasteiger partial charge in [-0.15, -0.1) is 11.6 Å².